The van der Waals surface area contributed by atoms with Gasteiger partial charge in [-0.05, 0) is 36.2 Å². The van der Waals surface area contributed by atoms with Gasteiger partial charge < -0.3 is 4.74 Å². The van der Waals surface area contributed by atoms with E-state index in [9.17, 15) is 0 Å². The maximum atomic E-state index is 5.90. The van der Waals surface area contributed by atoms with Gasteiger partial charge in [0.15, 0.2) is 0 Å². The molecule has 1 nitrogen and oxygen atoms in total. The molecule has 0 aliphatic heterocycles. The lowest BCUT2D eigenvalue weighted by Gasteiger charge is -2.10. The van der Waals surface area contributed by atoms with Gasteiger partial charge in [0.1, 0.15) is 11.5 Å². The Balaban J connectivity index is 2.24. The number of aryl methyl sites for hydroxylation is 1. The fourth-order valence-corrected chi connectivity index (χ4v) is 2.21. The van der Waals surface area contributed by atoms with Crippen LogP contribution >= 0.6 is 27.5 Å². The summed E-state index contributed by atoms with van der Waals surface area (Å²) >= 11 is 9.34. The molecule has 0 amide bonds. The molecule has 0 aromatic heterocycles. The number of benzene rings is 2. The molecule has 94 valence electrons. The molecule has 2 aromatic carbocycles. The van der Waals surface area contributed by atoms with E-state index in [0.717, 1.165) is 28.0 Å². The van der Waals surface area contributed by atoms with E-state index in [4.69, 9.17) is 16.3 Å². The Kier molecular flexibility index (Phi) is 4.67. The van der Waals surface area contributed by atoms with Crippen LogP contribution in [-0.2, 0) is 12.3 Å². The highest BCUT2D eigenvalue weighted by Gasteiger charge is 2.05. The van der Waals surface area contributed by atoms with Crippen LogP contribution in [0.3, 0.4) is 0 Å². The summed E-state index contributed by atoms with van der Waals surface area (Å²) in [4.78, 5) is 0. The van der Waals surface area contributed by atoms with Gasteiger partial charge in [0.25, 0.3) is 0 Å². The van der Waals surface area contributed by atoms with Crippen LogP contribution in [0.15, 0.2) is 46.9 Å². The predicted molar refractivity (Wildman–Crippen MR) is 79.6 cm³/mol. The molecule has 3 heteroatoms. The molecule has 0 aliphatic carbocycles. The molecule has 0 atom stereocenters. The molecule has 0 saturated heterocycles. The van der Waals surface area contributed by atoms with Crippen LogP contribution in [0.25, 0.3) is 0 Å². The SMILES string of the molecule is CCc1ccc(Oc2cc(Br)ccc2CCl)cc1. The van der Waals surface area contributed by atoms with Crippen molar-refractivity contribution >= 4 is 27.5 Å². The zero-order valence-corrected chi connectivity index (χ0v) is 12.5. The number of rotatable bonds is 4. The Bertz CT molecular complexity index is 523. The average molecular weight is 326 g/mol. The lowest BCUT2D eigenvalue weighted by atomic mass is 10.2. The van der Waals surface area contributed by atoms with Gasteiger partial charge in [-0.1, -0.05) is 41.1 Å². The van der Waals surface area contributed by atoms with Gasteiger partial charge in [-0.15, -0.1) is 11.6 Å². The fourth-order valence-electron chi connectivity index (χ4n) is 1.65. The van der Waals surface area contributed by atoms with Gasteiger partial charge in [-0.2, -0.15) is 0 Å². The van der Waals surface area contributed by atoms with E-state index in [2.05, 4.69) is 35.0 Å². The highest BCUT2D eigenvalue weighted by atomic mass is 79.9. The quantitative estimate of drug-likeness (QED) is 0.670. The fraction of sp³-hybridized carbons (Fsp3) is 0.200. The molecule has 0 spiro atoms. The molecule has 0 aliphatic rings. The molecule has 18 heavy (non-hydrogen) atoms. The van der Waals surface area contributed by atoms with Crippen molar-refractivity contribution in [1.82, 2.24) is 0 Å². The van der Waals surface area contributed by atoms with Gasteiger partial charge in [-0.3, -0.25) is 0 Å². The van der Waals surface area contributed by atoms with E-state index in [0.29, 0.717) is 5.88 Å². The smallest absolute Gasteiger partial charge is 0.132 e. The zero-order valence-electron chi connectivity index (χ0n) is 10.1. The van der Waals surface area contributed by atoms with Crippen molar-refractivity contribution in [3.05, 3.63) is 58.1 Å². The highest BCUT2D eigenvalue weighted by Crippen LogP contribution is 2.29. The Morgan fingerprint density at radius 1 is 1.11 bits per heavy atom. The van der Waals surface area contributed by atoms with Crippen LogP contribution in [0, 0.1) is 0 Å². The summed E-state index contributed by atoms with van der Waals surface area (Å²) in [5, 5.41) is 0. The van der Waals surface area contributed by atoms with E-state index in [1.807, 2.05) is 30.3 Å². The first-order valence-electron chi connectivity index (χ1n) is 5.84. The van der Waals surface area contributed by atoms with Crippen molar-refractivity contribution in [2.75, 3.05) is 0 Å². The topological polar surface area (TPSA) is 9.23 Å². The third-order valence-corrected chi connectivity index (χ3v) is 3.51. The van der Waals surface area contributed by atoms with E-state index in [1.54, 1.807) is 0 Å². The zero-order chi connectivity index (χ0) is 13.0. The Labute approximate surface area is 121 Å². The standard InChI is InChI=1S/C15H14BrClO/c1-2-11-3-7-14(8-4-11)18-15-9-13(16)6-5-12(15)10-17/h3-9H,2,10H2,1H3. The molecule has 0 bridgehead atoms. The monoisotopic (exact) mass is 324 g/mol. The first-order valence-corrected chi connectivity index (χ1v) is 7.17. The van der Waals surface area contributed by atoms with E-state index >= 15 is 0 Å². The second-order valence-electron chi connectivity index (χ2n) is 3.99. The molecular formula is C15H14BrClO. The van der Waals surface area contributed by atoms with Crippen LogP contribution in [0.5, 0.6) is 11.5 Å². The lowest BCUT2D eigenvalue weighted by Crippen LogP contribution is -1.90. The number of ether oxygens (including phenoxy) is 1. The van der Waals surface area contributed by atoms with Gasteiger partial charge in [0.2, 0.25) is 0 Å². The molecule has 0 fully saturated rings. The van der Waals surface area contributed by atoms with Crippen LogP contribution in [0.1, 0.15) is 18.1 Å². The number of hydrogen-bond acceptors (Lipinski definition) is 1. The summed E-state index contributed by atoms with van der Waals surface area (Å²) < 4.78 is 6.85. The summed E-state index contributed by atoms with van der Waals surface area (Å²) in [6.07, 6.45) is 1.03. The van der Waals surface area contributed by atoms with Gasteiger partial charge >= 0.3 is 0 Å². The van der Waals surface area contributed by atoms with E-state index in [1.165, 1.54) is 5.56 Å². The normalized spacial score (nSPS) is 10.4. The molecule has 0 N–H and O–H groups in total. The number of alkyl halides is 1. The molecule has 0 radical (unpaired) electrons. The largest absolute Gasteiger partial charge is 0.457 e. The molecular weight excluding hydrogens is 312 g/mol. The molecule has 2 aromatic rings. The van der Waals surface area contributed by atoms with Crippen molar-refractivity contribution in [2.45, 2.75) is 19.2 Å². The minimum absolute atomic E-state index is 0.440. The second kappa shape index (κ2) is 6.26. The summed E-state index contributed by atoms with van der Waals surface area (Å²) in [5.74, 6) is 2.07. The van der Waals surface area contributed by atoms with Gasteiger partial charge in [-0.25, -0.2) is 0 Å². The number of hydrogen-bond donors (Lipinski definition) is 0. The van der Waals surface area contributed by atoms with Crippen molar-refractivity contribution in [3.8, 4) is 11.5 Å². The summed E-state index contributed by atoms with van der Waals surface area (Å²) in [5.41, 5.74) is 2.29. The van der Waals surface area contributed by atoms with Crippen molar-refractivity contribution in [3.63, 3.8) is 0 Å². The third-order valence-electron chi connectivity index (χ3n) is 2.73. The first-order chi connectivity index (χ1) is 8.72. The predicted octanol–water partition coefficient (Wildman–Crippen LogP) is 5.54. The molecule has 0 saturated carbocycles. The highest BCUT2D eigenvalue weighted by molar-refractivity contribution is 9.10. The van der Waals surface area contributed by atoms with E-state index in [-0.39, 0.29) is 0 Å². The van der Waals surface area contributed by atoms with Crippen molar-refractivity contribution in [2.24, 2.45) is 0 Å². The Morgan fingerprint density at radius 3 is 2.44 bits per heavy atom. The average Bonchev–Trinajstić information content (AvgIpc) is 2.40. The Hall–Kier alpha value is -0.990. The second-order valence-corrected chi connectivity index (χ2v) is 5.17. The maximum absolute atomic E-state index is 5.90. The maximum Gasteiger partial charge on any atom is 0.132 e. The summed E-state index contributed by atoms with van der Waals surface area (Å²) in [7, 11) is 0. The number of halogens is 2. The van der Waals surface area contributed by atoms with Crippen LogP contribution < -0.4 is 4.74 Å². The minimum Gasteiger partial charge on any atom is -0.457 e. The molecule has 2 rings (SSSR count). The van der Waals surface area contributed by atoms with Crippen LogP contribution in [-0.4, -0.2) is 0 Å². The lowest BCUT2D eigenvalue weighted by molar-refractivity contribution is 0.478. The van der Waals surface area contributed by atoms with Crippen LogP contribution in [0.2, 0.25) is 0 Å². The van der Waals surface area contributed by atoms with E-state index < -0.39 is 0 Å². The van der Waals surface area contributed by atoms with Gasteiger partial charge in [0.05, 0.1) is 5.88 Å². The van der Waals surface area contributed by atoms with Crippen molar-refractivity contribution < 1.29 is 4.74 Å². The van der Waals surface area contributed by atoms with Crippen molar-refractivity contribution in [1.29, 1.82) is 0 Å². The van der Waals surface area contributed by atoms with Crippen LogP contribution in [0.4, 0.5) is 0 Å². The summed E-state index contributed by atoms with van der Waals surface area (Å²) in [6, 6.07) is 14.0. The first kappa shape index (κ1) is 13.4. The Morgan fingerprint density at radius 2 is 1.83 bits per heavy atom. The van der Waals surface area contributed by atoms with Gasteiger partial charge in [0, 0.05) is 10.0 Å². The minimum atomic E-state index is 0.440. The summed E-state index contributed by atoms with van der Waals surface area (Å²) in [6.45, 7) is 2.13. The third kappa shape index (κ3) is 3.27. The molecule has 0 heterocycles. The molecule has 0 unspecified atom stereocenters.